The van der Waals surface area contributed by atoms with Crippen molar-refractivity contribution in [2.45, 2.75) is 58.3 Å². The zero-order valence-corrected chi connectivity index (χ0v) is 16.5. The number of urea groups is 1. The van der Waals surface area contributed by atoms with E-state index >= 15 is 0 Å². The summed E-state index contributed by atoms with van der Waals surface area (Å²) in [5.41, 5.74) is 6.05. The normalized spacial score (nSPS) is 15.1. The maximum Gasteiger partial charge on any atom is 0.332 e. The van der Waals surface area contributed by atoms with Crippen LogP contribution in [0.1, 0.15) is 54.9 Å². The van der Waals surface area contributed by atoms with E-state index in [4.69, 9.17) is 0 Å². The molecule has 0 heterocycles. The molecule has 0 radical (unpaired) electrons. The highest BCUT2D eigenvalue weighted by atomic mass is 32.2. The van der Waals surface area contributed by atoms with Gasteiger partial charge in [0.15, 0.2) is 0 Å². The van der Waals surface area contributed by atoms with Crippen LogP contribution >= 0.6 is 0 Å². The Morgan fingerprint density at radius 2 is 1.63 bits per heavy atom. The van der Waals surface area contributed by atoms with Crippen LogP contribution in [0.2, 0.25) is 0 Å². The molecule has 6 nitrogen and oxygen atoms in total. The first kappa shape index (κ1) is 19.6. The van der Waals surface area contributed by atoms with Gasteiger partial charge in [0.05, 0.1) is 5.75 Å². The molecule has 1 aromatic carbocycles. The first-order valence-electron chi connectivity index (χ1n) is 9.39. The average molecular weight is 391 g/mol. The molecular formula is C20H26N2O4S. The van der Waals surface area contributed by atoms with Crippen molar-refractivity contribution in [3.8, 4) is 0 Å². The van der Waals surface area contributed by atoms with Crippen LogP contribution in [0, 0.1) is 0 Å². The van der Waals surface area contributed by atoms with Gasteiger partial charge in [-0.25, -0.2) is 17.9 Å². The number of ketones is 1. The molecule has 7 heteroatoms. The number of amides is 2. The Morgan fingerprint density at radius 3 is 2.19 bits per heavy atom. The van der Waals surface area contributed by atoms with Crippen molar-refractivity contribution in [2.24, 2.45) is 0 Å². The molecule has 0 aliphatic heterocycles. The van der Waals surface area contributed by atoms with Gasteiger partial charge in [0.1, 0.15) is 5.78 Å². The Kier molecular flexibility index (Phi) is 5.69. The summed E-state index contributed by atoms with van der Waals surface area (Å²) in [5, 5.41) is 2.81. The Labute approximate surface area is 160 Å². The summed E-state index contributed by atoms with van der Waals surface area (Å²) in [5.74, 6) is -0.385. The van der Waals surface area contributed by atoms with E-state index in [-0.39, 0.29) is 18.0 Å². The summed E-state index contributed by atoms with van der Waals surface area (Å²) >= 11 is 0. The molecule has 27 heavy (non-hydrogen) atoms. The summed E-state index contributed by atoms with van der Waals surface area (Å²) < 4.78 is 26.6. The molecule has 0 atom stereocenters. The lowest BCUT2D eigenvalue weighted by Crippen LogP contribution is -2.36. The van der Waals surface area contributed by atoms with E-state index in [2.05, 4.69) is 22.7 Å². The fraction of sp³-hybridized carbons (Fsp3) is 0.500. The lowest BCUT2D eigenvalue weighted by molar-refractivity contribution is -0.116. The number of benzene rings is 1. The third kappa shape index (κ3) is 4.77. The third-order valence-corrected chi connectivity index (χ3v) is 6.47. The largest absolute Gasteiger partial charge is 0.332 e. The van der Waals surface area contributed by atoms with Gasteiger partial charge in [0.2, 0.25) is 10.0 Å². The minimum absolute atomic E-state index is 0.0222. The first-order chi connectivity index (χ1) is 12.7. The second-order valence-corrected chi connectivity index (χ2v) is 9.22. The van der Waals surface area contributed by atoms with Crippen LogP contribution in [0.25, 0.3) is 0 Å². The minimum atomic E-state index is -3.85. The van der Waals surface area contributed by atoms with Gasteiger partial charge >= 0.3 is 6.03 Å². The molecule has 0 fully saturated rings. The smallest absolute Gasteiger partial charge is 0.307 e. The van der Waals surface area contributed by atoms with E-state index in [1.54, 1.807) is 0 Å². The summed E-state index contributed by atoms with van der Waals surface area (Å²) in [6, 6.07) is 1.52. The highest BCUT2D eigenvalue weighted by molar-refractivity contribution is 7.90. The van der Waals surface area contributed by atoms with E-state index in [9.17, 15) is 18.0 Å². The van der Waals surface area contributed by atoms with Crippen LogP contribution in [-0.2, 0) is 40.5 Å². The Morgan fingerprint density at radius 1 is 1.04 bits per heavy atom. The molecule has 2 aliphatic carbocycles. The summed E-state index contributed by atoms with van der Waals surface area (Å²) in [6.45, 7) is 5.14. The van der Waals surface area contributed by atoms with Gasteiger partial charge in [0.25, 0.3) is 0 Å². The van der Waals surface area contributed by atoms with Crippen LogP contribution in [0.15, 0.2) is 18.2 Å². The molecule has 1 aromatic rings. The van der Waals surface area contributed by atoms with Crippen molar-refractivity contribution in [3.63, 3.8) is 0 Å². The van der Waals surface area contributed by atoms with Crippen molar-refractivity contribution in [2.75, 3.05) is 11.1 Å². The second kappa shape index (κ2) is 7.84. The summed E-state index contributed by atoms with van der Waals surface area (Å²) in [4.78, 5) is 23.4. The van der Waals surface area contributed by atoms with Crippen LogP contribution < -0.4 is 10.0 Å². The predicted molar refractivity (Wildman–Crippen MR) is 105 cm³/mol. The van der Waals surface area contributed by atoms with Gasteiger partial charge in [-0.2, -0.15) is 0 Å². The maximum absolute atomic E-state index is 12.4. The molecule has 2 amide bonds. The molecule has 146 valence electrons. The highest BCUT2D eigenvalue weighted by Crippen LogP contribution is 2.38. The number of carbonyl (C=O) groups excluding carboxylic acids is 2. The monoisotopic (exact) mass is 390 g/mol. The highest BCUT2D eigenvalue weighted by Gasteiger charge is 2.26. The van der Waals surface area contributed by atoms with Gasteiger partial charge in [0, 0.05) is 12.1 Å². The topological polar surface area (TPSA) is 92.3 Å². The maximum atomic E-state index is 12.4. The molecule has 3 rings (SSSR count). The Balaban J connectivity index is 1.68. The third-order valence-electron chi connectivity index (χ3n) is 5.18. The predicted octanol–water partition coefficient (Wildman–Crippen LogP) is 3.04. The van der Waals surface area contributed by atoms with E-state index in [0.29, 0.717) is 12.0 Å². The Hall–Kier alpha value is -2.15. The van der Waals surface area contributed by atoms with Crippen molar-refractivity contribution >= 4 is 27.5 Å². The number of hydrogen-bond donors (Lipinski definition) is 2. The number of aryl methyl sites for hydroxylation is 2. The van der Waals surface area contributed by atoms with Gasteiger partial charge in [-0.1, -0.05) is 18.2 Å². The van der Waals surface area contributed by atoms with E-state index in [1.807, 2.05) is 0 Å². The molecule has 0 bridgehead atoms. The molecule has 2 N–H and O–H groups in total. The second-order valence-electron chi connectivity index (χ2n) is 7.50. The lowest BCUT2D eigenvalue weighted by atomic mass is 9.99. The van der Waals surface area contributed by atoms with Crippen molar-refractivity contribution in [1.29, 1.82) is 0 Å². The van der Waals surface area contributed by atoms with E-state index in [1.165, 1.54) is 18.1 Å². The van der Waals surface area contributed by atoms with Gasteiger partial charge in [-0.05, 0) is 74.1 Å². The summed E-state index contributed by atoms with van der Waals surface area (Å²) in [7, 11) is -3.85. The van der Waals surface area contributed by atoms with Gasteiger partial charge in [-0.3, -0.25) is 0 Å². The number of rotatable bonds is 7. The van der Waals surface area contributed by atoms with Crippen LogP contribution in [0.4, 0.5) is 10.5 Å². The average Bonchev–Trinajstić information content (AvgIpc) is 3.20. The molecule has 0 spiro atoms. The molecule has 0 saturated carbocycles. The molecule has 0 saturated heterocycles. The first-order valence-corrected chi connectivity index (χ1v) is 11.0. The minimum Gasteiger partial charge on any atom is -0.307 e. The molecule has 2 aliphatic rings. The quantitative estimate of drug-likeness (QED) is 0.700. The zero-order valence-electron chi connectivity index (χ0n) is 15.7. The van der Waals surface area contributed by atoms with Gasteiger partial charge < -0.3 is 10.1 Å². The van der Waals surface area contributed by atoms with Crippen molar-refractivity contribution < 1.29 is 18.0 Å². The van der Waals surface area contributed by atoms with E-state index in [0.717, 1.165) is 55.3 Å². The number of nitrogens with one attached hydrogen (secondary N) is 2. The number of hydrogen-bond acceptors (Lipinski definition) is 4. The lowest BCUT2D eigenvalue weighted by Gasteiger charge is -2.16. The SMILES string of the molecule is C=C(CCC(C)=O)CS(=O)(=O)NC(=O)Nc1c2c(cc3c1CCC3)CCC2. The molecule has 0 unspecified atom stereocenters. The number of fused-ring (bicyclic) bond motifs is 2. The number of Topliss-reactive ketones (excluding diaryl/α,β-unsaturated/α-hetero) is 1. The molecular weight excluding hydrogens is 364 g/mol. The number of carbonyl (C=O) groups is 2. The fourth-order valence-corrected chi connectivity index (χ4v) is 5.06. The summed E-state index contributed by atoms with van der Waals surface area (Å²) in [6.07, 6.45) is 6.51. The molecule has 0 aromatic heterocycles. The number of anilines is 1. The van der Waals surface area contributed by atoms with E-state index < -0.39 is 16.1 Å². The van der Waals surface area contributed by atoms with Gasteiger partial charge in [-0.15, -0.1) is 0 Å². The van der Waals surface area contributed by atoms with Crippen molar-refractivity contribution in [3.05, 3.63) is 40.5 Å². The number of sulfonamides is 1. The Bertz CT molecular complexity index is 871. The van der Waals surface area contributed by atoms with Crippen molar-refractivity contribution in [1.82, 2.24) is 4.72 Å². The van der Waals surface area contributed by atoms with Crippen LogP contribution in [0.5, 0.6) is 0 Å². The van der Waals surface area contributed by atoms with Crippen LogP contribution in [-0.4, -0.2) is 26.0 Å². The zero-order chi connectivity index (χ0) is 19.6. The van der Waals surface area contributed by atoms with Crippen LogP contribution in [0.3, 0.4) is 0 Å². The standard InChI is InChI=1S/C20H26N2O4S/c1-13(9-10-14(2)23)12-27(25,26)22-20(24)21-19-17-7-3-5-15(17)11-16-6-4-8-18(16)19/h11H,1,3-10,12H2,2H3,(H2,21,22,24). The fourth-order valence-electron chi connectivity index (χ4n) is 3.98.